The first-order chi connectivity index (χ1) is 16.8. The topological polar surface area (TPSA) is 225 Å². The van der Waals surface area contributed by atoms with E-state index in [0.717, 1.165) is 0 Å². The molecule has 13 nitrogen and oxygen atoms in total. The van der Waals surface area contributed by atoms with Gasteiger partial charge >= 0.3 is 17.9 Å². The number of nitrogens with two attached hydrogens (primary N) is 1. The molecule has 0 saturated heterocycles. The molecular formula is C23H32N4O9. The molecule has 198 valence electrons. The Morgan fingerprint density at radius 3 is 1.75 bits per heavy atom. The van der Waals surface area contributed by atoms with Crippen LogP contribution in [-0.2, 0) is 35.2 Å². The Morgan fingerprint density at radius 1 is 0.750 bits per heavy atom. The van der Waals surface area contributed by atoms with E-state index in [1.807, 2.05) is 0 Å². The number of benzene rings is 1. The molecular weight excluding hydrogens is 476 g/mol. The predicted octanol–water partition coefficient (Wildman–Crippen LogP) is -0.909. The first-order valence-electron chi connectivity index (χ1n) is 11.2. The van der Waals surface area contributed by atoms with Crippen molar-refractivity contribution < 1.29 is 44.1 Å². The summed E-state index contributed by atoms with van der Waals surface area (Å²) in [5.41, 5.74) is 6.18. The molecule has 0 aromatic heterocycles. The van der Waals surface area contributed by atoms with Gasteiger partial charge in [0.1, 0.15) is 18.1 Å². The van der Waals surface area contributed by atoms with Crippen LogP contribution in [-0.4, -0.2) is 75.1 Å². The summed E-state index contributed by atoms with van der Waals surface area (Å²) in [6, 6.07) is 2.67. The summed E-state index contributed by atoms with van der Waals surface area (Å²) in [6.07, 6.45) is -1.55. The zero-order chi connectivity index (χ0) is 27.4. The summed E-state index contributed by atoms with van der Waals surface area (Å²) < 4.78 is 0. The summed E-state index contributed by atoms with van der Waals surface area (Å²) in [7, 11) is 0. The molecule has 0 aliphatic carbocycles. The Balaban J connectivity index is 3.12. The number of carbonyl (C=O) groups excluding carboxylic acids is 3. The molecule has 0 radical (unpaired) electrons. The molecule has 0 aliphatic rings. The fourth-order valence-corrected chi connectivity index (χ4v) is 3.24. The minimum Gasteiger partial charge on any atom is -0.481 e. The van der Waals surface area contributed by atoms with Crippen LogP contribution < -0.4 is 21.7 Å². The van der Waals surface area contributed by atoms with E-state index in [4.69, 9.17) is 10.8 Å². The molecule has 13 heteroatoms. The second kappa shape index (κ2) is 14.4. The summed E-state index contributed by atoms with van der Waals surface area (Å²) in [5.74, 6) is -7.07. The average molecular weight is 509 g/mol. The van der Waals surface area contributed by atoms with Gasteiger partial charge in [-0.3, -0.25) is 24.0 Å². The van der Waals surface area contributed by atoms with Crippen LogP contribution in [0.15, 0.2) is 30.3 Å². The van der Waals surface area contributed by atoms with E-state index in [9.17, 15) is 39.0 Å². The average Bonchev–Trinajstić information content (AvgIpc) is 2.77. The van der Waals surface area contributed by atoms with Gasteiger partial charge in [-0.2, -0.15) is 0 Å². The molecule has 1 aromatic carbocycles. The maximum Gasteiger partial charge on any atom is 0.326 e. The molecule has 0 fully saturated rings. The number of nitrogens with one attached hydrogen (secondary N) is 3. The Bertz CT molecular complexity index is 952. The highest BCUT2D eigenvalue weighted by Gasteiger charge is 2.32. The van der Waals surface area contributed by atoms with E-state index in [-0.39, 0.29) is 18.8 Å². The van der Waals surface area contributed by atoms with E-state index in [2.05, 4.69) is 16.0 Å². The summed E-state index contributed by atoms with van der Waals surface area (Å²) in [4.78, 5) is 71.8. The fourth-order valence-electron chi connectivity index (χ4n) is 3.24. The molecule has 0 heterocycles. The minimum atomic E-state index is -1.65. The number of rotatable bonds is 15. The Kier molecular flexibility index (Phi) is 12.0. The molecule has 1 rings (SSSR count). The van der Waals surface area contributed by atoms with Crippen molar-refractivity contribution in [1.29, 1.82) is 0 Å². The van der Waals surface area contributed by atoms with E-state index in [1.165, 1.54) is 0 Å². The third-order valence-electron chi connectivity index (χ3n) is 4.98. The van der Waals surface area contributed by atoms with Gasteiger partial charge in [-0.05, 0) is 17.9 Å². The van der Waals surface area contributed by atoms with Gasteiger partial charge in [-0.15, -0.1) is 0 Å². The lowest BCUT2D eigenvalue weighted by molar-refractivity contribution is -0.144. The first kappa shape index (κ1) is 30.0. The van der Waals surface area contributed by atoms with Gasteiger partial charge in [0.15, 0.2) is 0 Å². The van der Waals surface area contributed by atoms with Gasteiger partial charge in [-0.25, -0.2) is 4.79 Å². The van der Waals surface area contributed by atoms with Crippen LogP contribution >= 0.6 is 0 Å². The minimum absolute atomic E-state index is 0.0724. The van der Waals surface area contributed by atoms with Crippen molar-refractivity contribution >= 4 is 35.6 Å². The van der Waals surface area contributed by atoms with Gasteiger partial charge in [-0.1, -0.05) is 44.2 Å². The maximum absolute atomic E-state index is 13.0. The highest BCUT2D eigenvalue weighted by Crippen LogP contribution is 2.08. The molecule has 1 aromatic rings. The van der Waals surface area contributed by atoms with E-state index in [1.54, 1.807) is 44.2 Å². The smallest absolute Gasteiger partial charge is 0.326 e. The van der Waals surface area contributed by atoms with Crippen molar-refractivity contribution in [2.75, 3.05) is 0 Å². The van der Waals surface area contributed by atoms with Gasteiger partial charge in [0.25, 0.3) is 0 Å². The molecule has 0 saturated carbocycles. The maximum atomic E-state index is 13.0. The molecule has 0 aliphatic heterocycles. The SMILES string of the molecule is CC(C)CC(NC(=O)C(CC(=O)O)NC(=O)C(Cc1ccccc1)NC(=O)C(N)CC(=O)O)C(=O)O. The van der Waals surface area contributed by atoms with E-state index < -0.39 is 72.6 Å². The van der Waals surface area contributed by atoms with Gasteiger partial charge in [0.05, 0.1) is 18.9 Å². The fraction of sp³-hybridized carbons (Fsp3) is 0.478. The number of carbonyl (C=O) groups is 6. The lowest BCUT2D eigenvalue weighted by atomic mass is 10.0. The van der Waals surface area contributed by atoms with Crippen molar-refractivity contribution in [3.63, 3.8) is 0 Å². The van der Waals surface area contributed by atoms with Crippen molar-refractivity contribution in [2.24, 2.45) is 11.7 Å². The zero-order valence-electron chi connectivity index (χ0n) is 20.0. The lowest BCUT2D eigenvalue weighted by Gasteiger charge is -2.25. The normalized spacial score (nSPS) is 14.1. The van der Waals surface area contributed by atoms with Crippen LogP contribution in [0.3, 0.4) is 0 Å². The van der Waals surface area contributed by atoms with Crippen LogP contribution in [0.5, 0.6) is 0 Å². The Morgan fingerprint density at radius 2 is 1.25 bits per heavy atom. The van der Waals surface area contributed by atoms with Gasteiger partial charge in [0, 0.05) is 6.42 Å². The molecule has 0 spiro atoms. The number of carboxylic acid groups (broad SMARTS) is 3. The highest BCUT2D eigenvalue weighted by atomic mass is 16.4. The van der Waals surface area contributed by atoms with Crippen LogP contribution in [0.25, 0.3) is 0 Å². The Labute approximate surface area is 207 Å². The molecule has 3 amide bonds. The third kappa shape index (κ3) is 11.0. The van der Waals surface area contributed by atoms with Gasteiger partial charge in [0.2, 0.25) is 17.7 Å². The number of hydrogen-bond donors (Lipinski definition) is 7. The predicted molar refractivity (Wildman–Crippen MR) is 126 cm³/mol. The number of aliphatic carboxylic acids is 3. The van der Waals surface area contributed by atoms with Crippen molar-refractivity contribution in [3.05, 3.63) is 35.9 Å². The lowest BCUT2D eigenvalue weighted by Crippen LogP contribution is -2.58. The van der Waals surface area contributed by atoms with Crippen molar-refractivity contribution in [1.82, 2.24) is 16.0 Å². The second-order valence-corrected chi connectivity index (χ2v) is 8.64. The summed E-state index contributed by atoms with van der Waals surface area (Å²) in [5, 5.41) is 34.3. The standard InChI is InChI=1S/C23H32N4O9/c1-12(2)8-17(23(35)36)27-22(34)16(11-19(30)31)26-21(33)15(9-13-6-4-3-5-7-13)25-20(32)14(24)10-18(28)29/h3-7,12,14-17H,8-11,24H2,1-2H3,(H,25,32)(H,26,33)(H,27,34)(H,28,29)(H,30,31)(H,35,36). The van der Waals surface area contributed by atoms with Crippen molar-refractivity contribution in [3.8, 4) is 0 Å². The molecule has 4 atom stereocenters. The van der Waals surface area contributed by atoms with Crippen LogP contribution in [0.4, 0.5) is 0 Å². The van der Waals surface area contributed by atoms with E-state index in [0.29, 0.717) is 5.56 Å². The van der Waals surface area contributed by atoms with Crippen LogP contribution in [0.2, 0.25) is 0 Å². The van der Waals surface area contributed by atoms with Crippen molar-refractivity contribution in [2.45, 2.75) is 63.7 Å². The molecule has 8 N–H and O–H groups in total. The third-order valence-corrected chi connectivity index (χ3v) is 4.98. The molecule has 36 heavy (non-hydrogen) atoms. The molecule has 4 unspecified atom stereocenters. The second-order valence-electron chi connectivity index (χ2n) is 8.64. The van der Waals surface area contributed by atoms with E-state index >= 15 is 0 Å². The zero-order valence-corrected chi connectivity index (χ0v) is 20.0. The van der Waals surface area contributed by atoms with Crippen LogP contribution in [0.1, 0.15) is 38.7 Å². The number of amides is 3. The number of hydrogen-bond acceptors (Lipinski definition) is 7. The highest BCUT2D eigenvalue weighted by molar-refractivity contribution is 5.96. The Hall–Kier alpha value is -4.00. The summed E-state index contributed by atoms with van der Waals surface area (Å²) >= 11 is 0. The summed E-state index contributed by atoms with van der Waals surface area (Å²) in [6.45, 7) is 3.48. The van der Waals surface area contributed by atoms with Crippen LogP contribution in [0, 0.1) is 5.92 Å². The number of carboxylic acids is 3. The largest absolute Gasteiger partial charge is 0.481 e. The monoisotopic (exact) mass is 508 g/mol. The molecule has 0 bridgehead atoms. The first-order valence-corrected chi connectivity index (χ1v) is 11.2. The van der Waals surface area contributed by atoms with Gasteiger partial charge < -0.3 is 37.0 Å². The quantitative estimate of drug-likeness (QED) is 0.154.